The van der Waals surface area contributed by atoms with E-state index in [9.17, 15) is 4.79 Å². The number of rotatable bonds is 2. The van der Waals surface area contributed by atoms with Crippen LogP contribution in [0.4, 0.5) is 5.69 Å². The van der Waals surface area contributed by atoms with Crippen LogP contribution in [-0.4, -0.2) is 38.9 Å². The molecule has 134 valence electrons. The van der Waals surface area contributed by atoms with Gasteiger partial charge >= 0.3 is 0 Å². The van der Waals surface area contributed by atoms with E-state index in [1.165, 1.54) is 0 Å². The van der Waals surface area contributed by atoms with Crippen LogP contribution in [0.2, 0.25) is 5.02 Å². The second kappa shape index (κ2) is 6.40. The molecule has 0 unspecified atom stereocenters. The number of hydrogen-bond acceptors (Lipinski definition) is 6. The number of hydrogen-bond donors (Lipinski definition) is 1. The monoisotopic (exact) mass is 397 g/mol. The number of amides is 1. The van der Waals surface area contributed by atoms with Crippen LogP contribution < -0.4 is 10.1 Å². The van der Waals surface area contributed by atoms with Crippen molar-refractivity contribution in [3.63, 3.8) is 0 Å². The number of carbonyl (C=O) groups excluding carboxylic acids is 1. The summed E-state index contributed by atoms with van der Waals surface area (Å²) >= 11 is 7.86. The first kappa shape index (κ1) is 16.3. The summed E-state index contributed by atoms with van der Waals surface area (Å²) in [4.78, 5) is 11.6. The molecule has 0 atom stereocenters. The molecule has 3 heterocycles. The number of benzene rings is 2. The molecule has 3 aromatic rings. The third-order valence-electron chi connectivity index (χ3n) is 4.23. The van der Waals surface area contributed by atoms with Gasteiger partial charge in [0.25, 0.3) is 5.91 Å². The summed E-state index contributed by atoms with van der Waals surface area (Å²) < 4.78 is 7.12. The van der Waals surface area contributed by atoms with Gasteiger partial charge in [-0.2, -0.15) is 9.78 Å². The molecule has 0 fully saturated rings. The molecule has 9 heteroatoms. The van der Waals surface area contributed by atoms with Crippen LogP contribution in [0.5, 0.6) is 5.75 Å². The molecule has 2 aromatic carbocycles. The zero-order valence-electron chi connectivity index (χ0n) is 13.8. The first-order valence-corrected chi connectivity index (χ1v) is 9.53. The van der Waals surface area contributed by atoms with E-state index in [2.05, 4.69) is 15.5 Å². The van der Waals surface area contributed by atoms with E-state index in [4.69, 9.17) is 21.4 Å². The highest BCUT2D eigenvalue weighted by Crippen LogP contribution is 2.33. The highest BCUT2D eigenvalue weighted by molar-refractivity contribution is 7.99. The number of thioether (sulfide) groups is 1. The van der Waals surface area contributed by atoms with Crippen molar-refractivity contribution in [1.82, 2.24) is 14.9 Å². The topological polar surface area (TPSA) is 81.4 Å². The van der Waals surface area contributed by atoms with Crippen LogP contribution in [0.25, 0.3) is 11.4 Å². The van der Waals surface area contributed by atoms with Gasteiger partial charge in [0.15, 0.2) is 12.4 Å². The summed E-state index contributed by atoms with van der Waals surface area (Å²) in [6.45, 7) is 0.0361. The Bertz CT molecular complexity index is 1110. The first-order chi connectivity index (χ1) is 13.2. The zero-order chi connectivity index (χ0) is 18.4. The van der Waals surface area contributed by atoms with Crippen LogP contribution >= 0.6 is 23.4 Å². The summed E-state index contributed by atoms with van der Waals surface area (Å²) in [5, 5.41) is 17.3. The van der Waals surface area contributed by atoms with Crippen LogP contribution in [0, 0.1) is 0 Å². The van der Waals surface area contributed by atoms with Gasteiger partial charge in [-0.25, -0.2) is 0 Å². The van der Waals surface area contributed by atoms with Crippen molar-refractivity contribution in [2.24, 2.45) is 5.10 Å². The van der Waals surface area contributed by atoms with Crippen molar-refractivity contribution < 1.29 is 9.53 Å². The Morgan fingerprint density at radius 2 is 2.07 bits per heavy atom. The second-order valence-electron chi connectivity index (χ2n) is 5.98. The Kier molecular flexibility index (Phi) is 3.87. The Morgan fingerprint density at radius 3 is 2.96 bits per heavy atom. The van der Waals surface area contributed by atoms with Crippen molar-refractivity contribution in [1.29, 1.82) is 0 Å². The zero-order valence-corrected chi connectivity index (χ0v) is 15.4. The third kappa shape index (κ3) is 2.87. The summed E-state index contributed by atoms with van der Waals surface area (Å²) in [5.41, 5.74) is 3.17. The van der Waals surface area contributed by atoms with Crippen molar-refractivity contribution in [2.75, 3.05) is 17.7 Å². The number of fused-ring (bicyclic) bond motifs is 2. The number of nitrogens with zero attached hydrogens (tertiary/aromatic N) is 4. The molecular weight excluding hydrogens is 386 g/mol. The largest absolute Gasteiger partial charge is 0.482 e. The maximum absolute atomic E-state index is 11.6. The normalized spacial score (nSPS) is 15.3. The lowest BCUT2D eigenvalue weighted by Crippen LogP contribution is -2.25. The average molecular weight is 398 g/mol. The molecule has 0 spiro atoms. The molecule has 0 aliphatic carbocycles. The standard InChI is InChI=1S/C18H12ClN5O2S/c19-12-4-2-1-3-11(12)17-21-22-18-24(17)23-14(9-27-18)10-5-6-15-13(7-10)20-16(25)8-26-15/h1-7H,8-9H2,(H,20,25). The Hall–Kier alpha value is -2.84. The molecule has 27 heavy (non-hydrogen) atoms. The SMILES string of the molecule is O=C1COc2ccc(C3=Nn4c(nnc4-c4ccccc4Cl)SC3)cc2N1. The van der Waals surface area contributed by atoms with Crippen molar-refractivity contribution in [3.8, 4) is 17.1 Å². The Morgan fingerprint density at radius 1 is 1.19 bits per heavy atom. The molecular formula is C18H12ClN5O2S. The lowest BCUT2D eigenvalue weighted by molar-refractivity contribution is -0.118. The van der Waals surface area contributed by atoms with Crippen LogP contribution in [0.1, 0.15) is 5.56 Å². The molecule has 2 aliphatic rings. The lowest BCUT2D eigenvalue weighted by atomic mass is 10.1. The molecule has 0 bridgehead atoms. The second-order valence-corrected chi connectivity index (χ2v) is 7.33. The summed E-state index contributed by atoms with van der Waals surface area (Å²) in [5.74, 6) is 1.73. The Balaban J connectivity index is 1.57. The number of nitrogens with one attached hydrogen (secondary N) is 1. The molecule has 0 radical (unpaired) electrons. The molecule has 1 aromatic heterocycles. The predicted octanol–water partition coefficient (Wildman–Crippen LogP) is 3.29. The van der Waals surface area contributed by atoms with Gasteiger partial charge in [0.2, 0.25) is 5.16 Å². The fourth-order valence-electron chi connectivity index (χ4n) is 2.94. The van der Waals surface area contributed by atoms with Gasteiger partial charge in [0.1, 0.15) is 5.75 Å². The van der Waals surface area contributed by atoms with Gasteiger partial charge in [-0.15, -0.1) is 10.2 Å². The number of carbonyl (C=O) groups is 1. The molecule has 0 saturated carbocycles. The summed E-state index contributed by atoms with van der Waals surface area (Å²) in [6.07, 6.45) is 0. The maximum Gasteiger partial charge on any atom is 0.262 e. The van der Waals surface area contributed by atoms with Crippen LogP contribution in [0.15, 0.2) is 52.7 Å². The highest BCUT2D eigenvalue weighted by atomic mass is 35.5. The van der Waals surface area contributed by atoms with E-state index in [0.29, 0.717) is 33.2 Å². The lowest BCUT2D eigenvalue weighted by Gasteiger charge is -2.20. The molecule has 1 N–H and O–H groups in total. The van der Waals surface area contributed by atoms with E-state index in [0.717, 1.165) is 16.8 Å². The van der Waals surface area contributed by atoms with E-state index < -0.39 is 0 Å². The number of ether oxygens (including phenoxy) is 1. The van der Waals surface area contributed by atoms with Gasteiger partial charge in [0.05, 0.1) is 16.4 Å². The van der Waals surface area contributed by atoms with Crippen LogP contribution in [0.3, 0.4) is 0 Å². The molecule has 7 nitrogen and oxygen atoms in total. The van der Waals surface area contributed by atoms with Gasteiger partial charge in [0, 0.05) is 16.9 Å². The molecule has 2 aliphatic heterocycles. The maximum atomic E-state index is 11.6. The van der Waals surface area contributed by atoms with Gasteiger partial charge < -0.3 is 10.1 Å². The van der Waals surface area contributed by atoms with E-state index in [-0.39, 0.29) is 12.5 Å². The minimum absolute atomic E-state index is 0.0361. The number of anilines is 1. The van der Waals surface area contributed by atoms with Crippen LogP contribution in [-0.2, 0) is 4.79 Å². The quantitative estimate of drug-likeness (QED) is 0.717. The molecule has 1 amide bonds. The Labute approximate surface area is 163 Å². The smallest absolute Gasteiger partial charge is 0.262 e. The number of aromatic nitrogens is 3. The van der Waals surface area contributed by atoms with E-state index in [1.807, 2.05) is 42.5 Å². The minimum Gasteiger partial charge on any atom is -0.482 e. The van der Waals surface area contributed by atoms with Gasteiger partial charge in [-0.3, -0.25) is 4.79 Å². The molecule has 5 rings (SSSR count). The van der Waals surface area contributed by atoms with Crippen molar-refractivity contribution in [2.45, 2.75) is 5.16 Å². The summed E-state index contributed by atoms with van der Waals surface area (Å²) in [7, 11) is 0. The summed E-state index contributed by atoms with van der Waals surface area (Å²) in [6, 6.07) is 13.1. The third-order valence-corrected chi connectivity index (χ3v) is 5.49. The van der Waals surface area contributed by atoms with E-state index >= 15 is 0 Å². The molecule has 0 saturated heterocycles. The first-order valence-electron chi connectivity index (χ1n) is 8.17. The van der Waals surface area contributed by atoms with Crippen molar-refractivity contribution >= 4 is 40.7 Å². The minimum atomic E-state index is -0.165. The predicted molar refractivity (Wildman–Crippen MR) is 104 cm³/mol. The van der Waals surface area contributed by atoms with Gasteiger partial charge in [-0.05, 0) is 30.3 Å². The fourth-order valence-corrected chi connectivity index (χ4v) is 4.00. The average Bonchev–Trinajstić information content (AvgIpc) is 3.11. The van der Waals surface area contributed by atoms with E-state index in [1.54, 1.807) is 16.4 Å². The fraction of sp³-hybridized carbons (Fsp3) is 0.111. The highest BCUT2D eigenvalue weighted by Gasteiger charge is 2.23. The number of halogens is 1. The van der Waals surface area contributed by atoms with Gasteiger partial charge in [-0.1, -0.05) is 35.5 Å². The van der Waals surface area contributed by atoms with Crippen molar-refractivity contribution in [3.05, 3.63) is 53.1 Å².